The van der Waals surface area contributed by atoms with Crippen molar-refractivity contribution in [2.75, 3.05) is 5.32 Å². The van der Waals surface area contributed by atoms with Gasteiger partial charge >= 0.3 is 0 Å². The number of carbonyl (C=O) groups is 2. The number of allylic oxidation sites excluding steroid dienone is 2. The monoisotopic (exact) mass is 378 g/mol. The van der Waals surface area contributed by atoms with E-state index in [0.29, 0.717) is 6.42 Å². The summed E-state index contributed by atoms with van der Waals surface area (Å²) < 4.78 is 0. The Balaban J connectivity index is 1.94. The van der Waals surface area contributed by atoms with Crippen molar-refractivity contribution in [2.24, 2.45) is 15.6 Å². The van der Waals surface area contributed by atoms with Gasteiger partial charge in [-0.05, 0) is 36.0 Å². The molecule has 0 spiro atoms. The number of hydrogen-bond acceptors (Lipinski definition) is 5. The van der Waals surface area contributed by atoms with Crippen molar-refractivity contribution in [3.8, 4) is 0 Å². The topological polar surface area (TPSA) is 82.9 Å². The maximum atomic E-state index is 13.4. The molecule has 2 heterocycles. The molecule has 1 amide bonds. The highest BCUT2D eigenvalue weighted by Crippen LogP contribution is 2.53. The van der Waals surface area contributed by atoms with Gasteiger partial charge in [0.1, 0.15) is 0 Å². The van der Waals surface area contributed by atoms with Crippen molar-refractivity contribution in [1.82, 2.24) is 5.32 Å². The summed E-state index contributed by atoms with van der Waals surface area (Å²) in [5, 5.41) is 14.9. The lowest BCUT2D eigenvalue weighted by Gasteiger charge is -2.47. The Labute approximate surface area is 165 Å². The third kappa shape index (κ3) is 2.79. The van der Waals surface area contributed by atoms with E-state index in [1.807, 2.05) is 24.3 Å². The fraction of sp³-hybridized carbons (Fsp3) is 0.455. The lowest BCUT2D eigenvalue weighted by molar-refractivity contribution is -0.119. The quantitative estimate of drug-likeness (QED) is 0.826. The van der Waals surface area contributed by atoms with Gasteiger partial charge in [0.15, 0.2) is 11.9 Å². The summed E-state index contributed by atoms with van der Waals surface area (Å²) in [7, 11) is 0. The number of benzene rings is 1. The molecule has 2 atom stereocenters. The average Bonchev–Trinajstić information content (AvgIpc) is 3.07. The van der Waals surface area contributed by atoms with Crippen molar-refractivity contribution >= 4 is 17.4 Å². The third-order valence-electron chi connectivity index (χ3n) is 5.99. The van der Waals surface area contributed by atoms with E-state index in [1.54, 1.807) is 6.20 Å². The van der Waals surface area contributed by atoms with E-state index in [2.05, 4.69) is 41.6 Å². The minimum atomic E-state index is -0.586. The van der Waals surface area contributed by atoms with Crippen LogP contribution in [0.2, 0.25) is 0 Å². The van der Waals surface area contributed by atoms with E-state index in [1.165, 1.54) is 6.92 Å². The van der Waals surface area contributed by atoms with Crippen LogP contribution in [0.4, 0.5) is 5.69 Å². The summed E-state index contributed by atoms with van der Waals surface area (Å²) in [6, 6.07) is 7.81. The number of amides is 1. The summed E-state index contributed by atoms with van der Waals surface area (Å²) in [5.41, 5.74) is 3.87. The largest absolute Gasteiger partial charge is 0.362 e. The molecule has 28 heavy (non-hydrogen) atoms. The summed E-state index contributed by atoms with van der Waals surface area (Å²) in [6.07, 6.45) is 3.59. The molecule has 2 unspecified atom stereocenters. The molecular formula is C22H26N4O2. The first-order chi connectivity index (χ1) is 13.3. The molecule has 1 aliphatic carbocycles. The van der Waals surface area contributed by atoms with Crippen molar-refractivity contribution in [2.45, 2.75) is 58.5 Å². The minimum absolute atomic E-state index is 0.0859. The van der Waals surface area contributed by atoms with Gasteiger partial charge in [-0.15, -0.1) is 0 Å². The molecule has 146 valence electrons. The summed E-state index contributed by atoms with van der Waals surface area (Å²) in [5.74, 6) is 0.0585. The van der Waals surface area contributed by atoms with Gasteiger partial charge in [-0.3, -0.25) is 9.59 Å². The van der Waals surface area contributed by atoms with Gasteiger partial charge in [-0.25, -0.2) is 0 Å². The van der Waals surface area contributed by atoms with E-state index in [4.69, 9.17) is 0 Å². The number of anilines is 1. The van der Waals surface area contributed by atoms with Gasteiger partial charge in [0, 0.05) is 35.9 Å². The van der Waals surface area contributed by atoms with E-state index in [0.717, 1.165) is 40.9 Å². The van der Waals surface area contributed by atoms with Crippen LogP contribution in [0.3, 0.4) is 0 Å². The highest BCUT2D eigenvalue weighted by molar-refractivity contribution is 6.01. The molecule has 1 aromatic carbocycles. The number of hydrogen-bond donors (Lipinski definition) is 2. The van der Waals surface area contributed by atoms with Crippen LogP contribution in [0.15, 0.2) is 57.5 Å². The van der Waals surface area contributed by atoms with Gasteiger partial charge in [-0.2, -0.15) is 10.2 Å². The predicted octanol–water partition coefficient (Wildman–Crippen LogP) is 4.22. The van der Waals surface area contributed by atoms with Crippen LogP contribution in [0.25, 0.3) is 0 Å². The fourth-order valence-corrected chi connectivity index (χ4v) is 4.96. The first-order valence-electron chi connectivity index (χ1n) is 9.79. The molecule has 3 aliphatic rings. The molecule has 4 rings (SSSR count). The maximum absolute atomic E-state index is 13.4. The molecule has 2 N–H and O–H groups in total. The lowest BCUT2D eigenvalue weighted by Crippen LogP contribution is -2.51. The molecular weight excluding hydrogens is 352 g/mol. The molecule has 0 saturated carbocycles. The van der Waals surface area contributed by atoms with Gasteiger partial charge in [0.25, 0.3) is 0 Å². The second-order valence-corrected chi connectivity index (χ2v) is 8.68. The Kier molecular flexibility index (Phi) is 4.25. The Hall–Kier alpha value is -2.76. The summed E-state index contributed by atoms with van der Waals surface area (Å²) in [6.45, 7) is 7.85. The number of azo groups is 1. The highest BCUT2D eigenvalue weighted by atomic mass is 16.1. The normalized spacial score (nSPS) is 27.6. The zero-order valence-electron chi connectivity index (χ0n) is 16.8. The molecule has 0 saturated heterocycles. The Morgan fingerprint density at radius 1 is 1.32 bits per heavy atom. The first-order valence-corrected chi connectivity index (χ1v) is 9.79. The fourth-order valence-electron chi connectivity index (χ4n) is 4.96. The minimum Gasteiger partial charge on any atom is -0.362 e. The Morgan fingerprint density at radius 2 is 2.11 bits per heavy atom. The molecule has 0 radical (unpaired) electrons. The van der Waals surface area contributed by atoms with E-state index < -0.39 is 5.41 Å². The van der Waals surface area contributed by atoms with E-state index >= 15 is 0 Å². The van der Waals surface area contributed by atoms with Crippen LogP contribution in [0.5, 0.6) is 0 Å². The molecule has 0 fully saturated rings. The van der Waals surface area contributed by atoms with Gasteiger partial charge in [-0.1, -0.05) is 32.9 Å². The number of nitrogens with zero attached hydrogens (tertiary/aromatic N) is 2. The summed E-state index contributed by atoms with van der Waals surface area (Å²) in [4.78, 5) is 24.9. The smallest absolute Gasteiger partial charge is 0.221 e. The number of nitrogens with one attached hydrogen (secondary N) is 2. The predicted molar refractivity (Wildman–Crippen MR) is 108 cm³/mol. The number of carbonyl (C=O) groups excluding carboxylic acids is 2. The van der Waals surface area contributed by atoms with Crippen LogP contribution < -0.4 is 10.6 Å². The molecule has 0 aromatic heterocycles. The molecule has 1 aromatic rings. The Morgan fingerprint density at radius 3 is 2.82 bits per heavy atom. The van der Waals surface area contributed by atoms with Crippen LogP contribution >= 0.6 is 0 Å². The lowest BCUT2D eigenvalue weighted by atomic mass is 9.59. The molecule has 6 heteroatoms. The van der Waals surface area contributed by atoms with Gasteiger partial charge < -0.3 is 10.6 Å². The first kappa shape index (κ1) is 18.6. The van der Waals surface area contributed by atoms with Crippen LogP contribution in [0, 0.1) is 5.41 Å². The van der Waals surface area contributed by atoms with Gasteiger partial charge in [0.2, 0.25) is 5.91 Å². The zero-order chi connectivity index (χ0) is 20.1. The Bertz CT molecular complexity index is 957. The SMILES string of the molecule is CCC1(c2cccc(NC(C)=O)c2)C2=CN=NC2NC2=C1C(=O)CC(C)(C)C2. The molecule has 2 aliphatic heterocycles. The van der Waals surface area contributed by atoms with Crippen LogP contribution in [-0.4, -0.2) is 17.9 Å². The average molecular weight is 378 g/mol. The third-order valence-corrected chi connectivity index (χ3v) is 5.99. The molecule has 0 bridgehead atoms. The standard InChI is InChI=1S/C22H26N4O2/c1-5-22(14-7-6-8-15(9-14)24-13(2)27)16-12-23-26-20(16)25-17-10-21(3,4)11-18(28)19(17)22/h6-9,12,20,25H,5,10-11H2,1-4H3,(H,24,27). The number of ketones is 1. The zero-order valence-corrected chi connectivity index (χ0v) is 16.8. The van der Waals surface area contributed by atoms with Crippen molar-refractivity contribution in [3.63, 3.8) is 0 Å². The van der Waals surface area contributed by atoms with Crippen LogP contribution in [-0.2, 0) is 15.0 Å². The van der Waals surface area contributed by atoms with Crippen LogP contribution in [0.1, 0.15) is 52.5 Å². The number of rotatable bonds is 3. The van der Waals surface area contributed by atoms with Crippen molar-refractivity contribution in [1.29, 1.82) is 0 Å². The number of fused-ring (bicyclic) bond motifs is 1. The number of Topliss-reactive ketones (excluding diaryl/α,β-unsaturated/α-hetero) is 1. The van der Waals surface area contributed by atoms with Crippen molar-refractivity contribution < 1.29 is 9.59 Å². The van der Waals surface area contributed by atoms with E-state index in [9.17, 15) is 9.59 Å². The van der Waals surface area contributed by atoms with Gasteiger partial charge in [0.05, 0.1) is 11.6 Å². The van der Waals surface area contributed by atoms with Crippen molar-refractivity contribution in [3.05, 3.63) is 52.9 Å². The summed E-state index contributed by atoms with van der Waals surface area (Å²) >= 11 is 0. The molecule has 6 nitrogen and oxygen atoms in total. The van der Waals surface area contributed by atoms with E-state index in [-0.39, 0.29) is 23.3 Å². The highest BCUT2D eigenvalue weighted by Gasteiger charge is 2.52. The maximum Gasteiger partial charge on any atom is 0.221 e. The second-order valence-electron chi connectivity index (χ2n) is 8.68. The second kappa shape index (κ2) is 6.40.